The van der Waals surface area contributed by atoms with Crippen LogP contribution in [0.5, 0.6) is 5.75 Å². The van der Waals surface area contributed by atoms with Gasteiger partial charge in [-0.05, 0) is 17.5 Å². The van der Waals surface area contributed by atoms with Crippen LogP contribution in [0.2, 0.25) is 0 Å². The summed E-state index contributed by atoms with van der Waals surface area (Å²) < 4.78 is 5.55. The largest absolute Gasteiger partial charge is 0.496 e. The highest BCUT2D eigenvalue weighted by Gasteiger charge is 2.25. The highest BCUT2D eigenvalue weighted by atomic mass is 16.5. The summed E-state index contributed by atoms with van der Waals surface area (Å²) in [5.41, 5.74) is 2.71. The molecule has 0 aliphatic rings. The van der Waals surface area contributed by atoms with Crippen molar-refractivity contribution >= 4 is 0 Å². The summed E-state index contributed by atoms with van der Waals surface area (Å²) >= 11 is 0. The van der Waals surface area contributed by atoms with E-state index in [1.54, 1.807) is 7.11 Å². The molecule has 2 heteroatoms. The van der Waals surface area contributed by atoms with Gasteiger partial charge in [-0.15, -0.1) is 0 Å². The van der Waals surface area contributed by atoms with E-state index in [9.17, 15) is 0 Å². The maximum absolute atomic E-state index is 5.55. The monoisotopic (exact) mass is 263 g/mol. The predicted octanol–water partition coefficient (Wildman–Crippen LogP) is 4.09. The molecule has 0 aliphatic carbocycles. The molecule has 0 heterocycles. The summed E-state index contributed by atoms with van der Waals surface area (Å²) in [7, 11) is 1.75. The van der Waals surface area contributed by atoms with Crippen molar-refractivity contribution in [2.45, 2.75) is 58.9 Å². The summed E-state index contributed by atoms with van der Waals surface area (Å²) in [5.74, 6) is 1.53. The molecule has 0 unspecified atom stereocenters. The van der Waals surface area contributed by atoms with Crippen LogP contribution in [0.3, 0.4) is 0 Å². The molecular formula is C17H29NO. The third-order valence-electron chi connectivity index (χ3n) is 3.57. The van der Waals surface area contributed by atoms with Crippen molar-refractivity contribution in [3.05, 3.63) is 29.3 Å². The summed E-state index contributed by atoms with van der Waals surface area (Å²) in [6, 6.07) is 7.06. The fourth-order valence-electron chi connectivity index (χ4n) is 2.17. The number of nitrogens with one attached hydrogen (secondary N) is 1. The molecule has 0 aromatic heterocycles. The second-order valence-corrected chi connectivity index (χ2v) is 6.53. The average Bonchev–Trinajstić information content (AvgIpc) is 2.35. The second-order valence-electron chi connectivity index (χ2n) is 6.53. The van der Waals surface area contributed by atoms with Crippen LogP contribution >= 0.6 is 0 Å². The predicted molar refractivity (Wildman–Crippen MR) is 83.2 cm³/mol. The van der Waals surface area contributed by atoms with Crippen LogP contribution in [-0.2, 0) is 5.41 Å². The Morgan fingerprint density at radius 2 is 1.79 bits per heavy atom. The number of ether oxygens (including phenoxy) is 1. The van der Waals surface area contributed by atoms with Crippen LogP contribution in [0.4, 0.5) is 0 Å². The second kappa shape index (κ2) is 6.42. The summed E-state index contributed by atoms with van der Waals surface area (Å²) in [6.07, 6.45) is 0. The van der Waals surface area contributed by atoms with Crippen molar-refractivity contribution < 1.29 is 4.74 Å². The van der Waals surface area contributed by atoms with E-state index in [1.807, 2.05) is 0 Å². The number of hydrogen-bond acceptors (Lipinski definition) is 2. The highest BCUT2D eigenvalue weighted by Crippen LogP contribution is 2.33. The topological polar surface area (TPSA) is 21.3 Å². The lowest BCUT2D eigenvalue weighted by atomic mass is 9.82. The highest BCUT2D eigenvalue weighted by molar-refractivity contribution is 5.43. The SMILES string of the molecule is COc1ccc(C(C)C)cc1C(C)(C)CNC(C)C. The normalized spacial score (nSPS) is 12.3. The number of hydrogen-bond donors (Lipinski definition) is 1. The zero-order chi connectivity index (χ0) is 14.6. The van der Waals surface area contributed by atoms with Gasteiger partial charge in [0.25, 0.3) is 0 Å². The Kier molecular flexibility index (Phi) is 5.42. The first-order valence-corrected chi connectivity index (χ1v) is 7.19. The van der Waals surface area contributed by atoms with E-state index in [-0.39, 0.29) is 5.41 Å². The van der Waals surface area contributed by atoms with Gasteiger partial charge in [0.15, 0.2) is 0 Å². The summed E-state index contributed by atoms with van der Waals surface area (Å²) in [4.78, 5) is 0. The van der Waals surface area contributed by atoms with Gasteiger partial charge in [0.1, 0.15) is 5.75 Å². The molecule has 0 radical (unpaired) electrons. The Hall–Kier alpha value is -1.02. The first-order chi connectivity index (χ1) is 8.77. The van der Waals surface area contributed by atoms with Gasteiger partial charge in [-0.2, -0.15) is 0 Å². The Balaban J connectivity index is 3.10. The Bertz CT molecular complexity index is 408. The van der Waals surface area contributed by atoms with Crippen molar-refractivity contribution in [1.82, 2.24) is 5.32 Å². The maximum Gasteiger partial charge on any atom is 0.122 e. The minimum absolute atomic E-state index is 0.0561. The molecule has 1 aromatic rings. The molecule has 0 saturated heterocycles. The van der Waals surface area contributed by atoms with Gasteiger partial charge < -0.3 is 10.1 Å². The van der Waals surface area contributed by atoms with E-state index in [0.29, 0.717) is 12.0 Å². The average molecular weight is 263 g/mol. The number of rotatable bonds is 6. The van der Waals surface area contributed by atoms with Gasteiger partial charge in [0, 0.05) is 23.6 Å². The van der Waals surface area contributed by atoms with Crippen molar-refractivity contribution in [3.63, 3.8) is 0 Å². The van der Waals surface area contributed by atoms with E-state index >= 15 is 0 Å². The van der Waals surface area contributed by atoms with E-state index in [2.05, 4.69) is 65.1 Å². The molecule has 0 saturated carbocycles. The van der Waals surface area contributed by atoms with Crippen LogP contribution in [-0.4, -0.2) is 19.7 Å². The first kappa shape index (κ1) is 16.0. The summed E-state index contributed by atoms with van der Waals surface area (Å²) in [6.45, 7) is 14.3. The lowest BCUT2D eigenvalue weighted by Crippen LogP contribution is -2.37. The molecular weight excluding hydrogens is 234 g/mol. The molecule has 0 fully saturated rings. The first-order valence-electron chi connectivity index (χ1n) is 7.19. The summed E-state index contributed by atoms with van der Waals surface area (Å²) in [5, 5.41) is 3.53. The molecule has 0 bridgehead atoms. The lowest BCUT2D eigenvalue weighted by molar-refractivity contribution is 0.380. The molecule has 0 amide bonds. The van der Waals surface area contributed by atoms with Crippen molar-refractivity contribution in [3.8, 4) is 5.75 Å². The number of methoxy groups -OCH3 is 1. The van der Waals surface area contributed by atoms with E-state index in [4.69, 9.17) is 4.74 Å². The smallest absolute Gasteiger partial charge is 0.122 e. The van der Waals surface area contributed by atoms with Gasteiger partial charge >= 0.3 is 0 Å². The molecule has 0 aliphatic heterocycles. The van der Waals surface area contributed by atoms with E-state index in [0.717, 1.165) is 12.3 Å². The molecule has 2 nitrogen and oxygen atoms in total. The van der Waals surface area contributed by atoms with Gasteiger partial charge in [-0.25, -0.2) is 0 Å². The zero-order valence-electron chi connectivity index (χ0n) is 13.5. The molecule has 0 spiro atoms. The zero-order valence-corrected chi connectivity index (χ0v) is 13.5. The van der Waals surface area contributed by atoms with Crippen molar-refractivity contribution in [1.29, 1.82) is 0 Å². The third-order valence-corrected chi connectivity index (χ3v) is 3.57. The van der Waals surface area contributed by atoms with E-state index < -0.39 is 0 Å². The fourth-order valence-corrected chi connectivity index (χ4v) is 2.17. The quantitative estimate of drug-likeness (QED) is 0.834. The van der Waals surface area contributed by atoms with Crippen LogP contribution in [0.1, 0.15) is 58.6 Å². The lowest BCUT2D eigenvalue weighted by Gasteiger charge is -2.29. The molecule has 1 N–H and O–H groups in total. The van der Waals surface area contributed by atoms with Gasteiger partial charge in [0.05, 0.1) is 7.11 Å². The maximum atomic E-state index is 5.55. The Labute approximate surface area is 118 Å². The van der Waals surface area contributed by atoms with Crippen LogP contribution in [0.15, 0.2) is 18.2 Å². The van der Waals surface area contributed by atoms with Crippen LogP contribution in [0, 0.1) is 0 Å². The van der Waals surface area contributed by atoms with Crippen LogP contribution < -0.4 is 10.1 Å². The number of benzene rings is 1. The van der Waals surface area contributed by atoms with Crippen LogP contribution in [0.25, 0.3) is 0 Å². The standard InChI is InChI=1S/C17H29NO/c1-12(2)14-8-9-16(19-7)15(10-14)17(5,6)11-18-13(3)4/h8-10,12-13,18H,11H2,1-7H3. The molecule has 0 atom stereocenters. The van der Waals surface area contributed by atoms with Gasteiger partial charge in [-0.3, -0.25) is 0 Å². The van der Waals surface area contributed by atoms with Gasteiger partial charge in [0.2, 0.25) is 0 Å². The van der Waals surface area contributed by atoms with E-state index in [1.165, 1.54) is 11.1 Å². The molecule has 1 aromatic carbocycles. The third kappa shape index (κ3) is 4.24. The minimum Gasteiger partial charge on any atom is -0.496 e. The Morgan fingerprint density at radius 1 is 1.16 bits per heavy atom. The fraction of sp³-hybridized carbons (Fsp3) is 0.647. The van der Waals surface area contributed by atoms with Crippen molar-refractivity contribution in [2.24, 2.45) is 0 Å². The molecule has 1 rings (SSSR count). The Morgan fingerprint density at radius 3 is 2.26 bits per heavy atom. The molecule has 108 valence electrons. The molecule has 19 heavy (non-hydrogen) atoms. The van der Waals surface area contributed by atoms with Crippen molar-refractivity contribution in [2.75, 3.05) is 13.7 Å². The minimum atomic E-state index is 0.0561. The van der Waals surface area contributed by atoms with Gasteiger partial charge in [-0.1, -0.05) is 53.7 Å².